The number of fused-ring (bicyclic) bond motifs is 2. The molecule has 3 N–H and O–H groups in total. The zero-order valence-electron chi connectivity index (χ0n) is 12.8. The van der Waals surface area contributed by atoms with Crippen LogP contribution in [0.25, 0.3) is 0 Å². The number of hydrogen-bond donors (Lipinski definition) is 3. The zero-order chi connectivity index (χ0) is 15.1. The third kappa shape index (κ3) is 2.96. The summed E-state index contributed by atoms with van der Waals surface area (Å²) in [6.45, 7) is 2.55. The molecule has 2 fully saturated rings. The van der Waals surface area contributed by atoms with E-state index in [1.807, 2.05) is 4.90 Å². The molecule has 3 aliphatic rings. The summed E-state index contributed by atoms with van der Waals surface area (Å²) in [7, 11) is 0. The number of piperidine rings is 1. The molecule has 3 atom stereocenters. The van der Waals surface area contributed by atoms with E-state index in [2.05, 4.69) is 16.2 Å². The lowest BCUT2D eigenvalue weighted by Crippen LogP contribution is -2.52. The number of aryl methyl sites for hydroxylation is 1. The van der Waals surface area contributed by atoms with E-state index in [1.54, 1.807) is 12.1 Å². The smallest absolute Gasteiger partial charge is 0.245 e. The minimum absolute atomic E-state index is 0. The Kier molecular flexibility index (Phi) is 4.87. The molecule has 126 valence electrons. The maximum absolute atomic E-state index is 13.4. The van der Waals surface area contributed by atoms with Crippen LogP contribution >= 0.6 is 12.4 Å². The number of hydrogen-bond acceptors (Lipinski definition) is 4. The van der Waals surface area contributed by atoms with Crippen LogP contribution in [0.1, 0.15) is 18.4 Å². The van der Waals surface area contributed by atoms with Crippen molar-refractivity contribution in [2.24, 2.45) is 5.92 Å². The van der Waals surface area contributed by atoms with Crippen LogP contribution in [0.15, 0.2) is 18.2 Å². The van der Waals surface area contributed by atoms with Crippen molar-refractivity contribution in [1.82, 2.24) is 16.2 Å². The van der Waals surface area contributed by atoms with Crippen molar-refractivity contribution < 1.29 is 9.18 Å². The Hall–Kier alpha value is -1.21. The molecule has 2 saturated heterocycles. The first kappa shape index (κ1) is 16.6. The lowest BCUT2D eigenvalue weighted by atomic mass is 9.88. The minimum atomic E-state index is -0.231. The van der Waals surface area contributed by atoms with Gasteiger partial charge in [-0.05, 0) is 49.6 Å². The van der Waals surface area contributed by atoms with Gasteiger partial charge >= 0.3 is 0 Å². The molecule has 1 amide bonds. The summed E-state index contributed by atoms with van der Waals surface area (Å²) >= 11 is 0. The van der Waals surface area contributed by atoms with Crippen molar-refractivity contribution in [2.45, 2.75) is 31.3 Å². The Morgan fingerprint density at radius 1 is 1.30 bits per heavy atom. The van der Waals surface area contributed by atoms with Gasteiger partial charge in [-0.3, -0.25) is 10.2 Å². The van der Waals surface area contributed by atoms with Crippen molar-refractivity contribution in [2.75, 3.05) is 24.5 Å². The predicted octanol–water partition coefficient (Wildman–Crippen LogP) is 0.981. The molecule has 23 heavy (non-hydrogen) atoms. The van der Waals surface area contributed by atoms with Gasteiger partial charge in [-0.15, -0.1) is 12.4 Å². The van der Waals surface area contributed by atoms with Crippen LogP contribution in [0.3, 0.4) is 0 Å². The second-order valence-electron chi connectivity index (χ2n) is 6.40. The molecule has 3 unspecified atom stereocenters. The van der Waals surface area contributed by atoms with Crippen molar-refractivity contribution in [1.29, 1.82) is 0 Å². The Morgan fingerprint density at radius 3 is 3.04 bits per heavy atom. The van der Waals surface area contributed by atoms with Crippen molar-refractivity contribution in [3.63, 3.8) is 0 Å². The fraction of sp³-hybridized carbons (Fsp3) is 0.562. The number of benzene rings is 1. The number of nitrogens with one attached hydrogen (secondary N) is 3. The Morgan fingerprint density at radius 2 is 2.17 bits per heavy atom. The molecule has 0 aromatic heterocycles. The number of amides is 1. The summed E-state index contributed by atoms with van der Waals surface area (Å²) in [5, 5.41) is 3.37. The predicted molar refractivity (Wildman–Crippen MR) is 89.1 cm³/mol. The second kappa shape index (κ2) is 6.73. The van der Waals surface area contributed by atoms with Crippen LogP contribution in [0.4, 0.5) is 10.1 Å². The van der Waals surface area contributed by atoms with Gasteiger partial charge in [-0.25, -0.2) is 9.82 Å². The van der Waals surface area contributed by atoms with E-state index in [-0.39, 0.29) is 36.1 Å². The molecule has 1 aromatic carbocycles. The van der Waals surface area contributed by atoms with E-state index in [1.165, 1.54) is 6.07 Å². The minimum Gasteiger partial charge on any atom is -0.316 e. The Labute approximate surface area is 141 Å². The van der Waals surface area contributed by atoms with Crippen LogP contribution in [0.2, 0.25) is 0 Å². The Balaban J connectivity index is 0.00000156. The molecule has 4 rings (SSSR count). The van der Waals surface area contributed by atoms with Gasteiger partial charge < -0.3 is 10.2 Å². The summed E-state index contributed by atoms with van der Waals surface area (Å²) in [5.41, 5.74) is 8.25. The van der Waals surface area contributed by atoms with Gasteiger partial charge in [0, 0.05) is 30.7 Å². The van der Waals surface area contributed by atoms with Crippen molar-refractivity contribution in [3.8, 4) is 0 Å². The first-order chi connectivity index (χ1) is 10.7. The number of rotatable bonds is 1. The van der Waals surface area contributed by atoms with Crippen LogP contribution < -0.4 is 21.1 Å². The molecule has 0 saturated carbocycles. The van der Waals surface area contributed by atoms with Gasteiger partial charge in [-0.2, -0.15) is 0 Å². The molecule has 0 bridgehead atoms. The van der Waals surface area contributed by atoms with E-state index < -0.39 is 0 Å². The number of anilines is 1. The van der Waals surface area contributed by atoms with Crippen LogP contribution in [0.5, 0.6) is 0 Å². The van der Waals surface area contributed by atoms with E-state index >= 15 is 0 Å². The molecule has 3 aliphatic heterocycles. The highest BCUT2D eigenvalue weighted by Crippen LogP contribution is 2.30. The van der Waals surface area contributed by atoms with Crippen LogP contribution in [-0.4, -0.2) is 37.6 Å². The lowest BCUT2D eigenvalue weighted by Gasteiger charge is -2.34. The molecule has 0 spiro atoms. The average Bonchev–Trinajstić information content (AvgIpc) is 2.97. The number of carbonyl (C=O) groups is 1. The van der Waals surface area contributed by atoms with Gasteiger partial charge in [0.05, 0.1) is 0 Å². The largest absolute Gasteiger partial charge is 0.316 e. The number of halogens is 2. The molecule has 7 heteroatoms. The molecule has 0 aliphatic carbocycles. The first-order valence-corrected chi connectivity index (χ1v) is 8.05. The topological polar surface area (TPSA) is 56.4 Å². The molecular formula is C16H22ClFN4O. The zero-order valence-corrected chi connectivity index (χ0v) is 13.7. The standard InChI is InChI=1S/C16H21FN4O.ClH/c17-11-3-4-14-10(8-11)2-1-7-21(14)16(22)15-12-9-18-6-5-13(12)19-20-15;/h3-4,8,12-13,15,18-20H,1-2,5-7,9H2;1H. The van der Waals surface area contributed by atoms with Gasteiger partial charge in [-0.1, -0.05) is 0 Å². The SMILES string of the molecule is Cl.O=C(C1NNC2CCNCC21)N1CCCc2cc(F)ccc21. The highest BCUT2D eigenvalue weighted by atomic mass is 35.5. The number of hydrazine groups is 1. The van der Waals surface area contributed by atoms with E-state index in [0.717, 1.165) is 43.6 Å². The quantitative estimate of drug-likeness (QED) is 0.713. The van der Waals surface area contributed by atoms with Gasteiger partial charge in [0.2, 0.25) is 5.91 Å². The fourth-order valence-corrected chi connectivity index (χ4v) is 3.92. The van der Waals surface area contributed by atoms with Crippen molar-refractivity contribution >= 4 is 24.0 Å². The summed E-state index contributed by atoms with van der Waals surface area (Å²) < 4.78 is 13.4. The average molecular weight is 341 g/mol. The fourth-order valence-electron chi connectivity index (χ4n) is 3.92. The first-order valence-electron chi connectivity index (χ1n) is 8.05. The molecule has 3 heterocycles. The third-order valence-corrected chi connectivity index (χ3v) is 5.07. The van der Waals surface area contributed by atoms with Gasteiger partial charge in [0.15, 0.2) is 0 Å². The highest BCUT2D eigenvalue weighted by Gasteiger charge is 2.43. The maximum Gasteiger partial charge on any atom is 0.245 e. The van der Waals surface area contributed by atoms with Crippen LogP contribution in [0, 0.1) is 11.7 Å². The molecular weight excluding hydrogens is 319 g/mol. The van der Waals surface area contributed by atoms with Gasteiger partial charge in [0.25, 0.3) is 0 Å². The second-order valence-corrected chi connectivity index (χ2v) is 6.40. The highest BCUT2D eigenvalue weighted by molar-refractivity contribution is 5.98. The molecule has 1 aromatic rings. The summed E-state index contributed by atoms with van der Waals surface area (Å²) in [6.07, 6.45) is 2.75. The summed E-state index contributed by atoms with van der Waals surface area (Å²) in [5.74, 6) is 0.133. The maximum atomic E-state index is 13.4. The number of carbonyl (C=O) groups excluding carboxylic acids is 1. The third-order valence-electron chi connectivity index (χ3n) is 5.07. The lowest BCUT2D eigenvalue weighted by molar-refractivity contribution is -0.121. The van der Waals surface area contributed by atoms with E-state index in [0.29, 0.717) is 12.6 Å². The molecule has 5 nitrogen and oxygen atoms in total. The van der Waals surface area contributed by atoms with E-state index in [9.17, 15) is 9.18 Å². The van der Waals surface area contributed by atoms with E-state index in [4.69, 9.17) is 0 Å². The summed E-state index contributed by atoms with van der Waals surface area (Å²) in [6, 6.07) is 4.87. The number of nitrogens with zero attached hydrogens (tertiary/aromatic N) is 1. The summed E-state index contributed by atoms with van der Waals surface area (Å²) in [4.78, 5) is 14.8. The Bertz CT molecular complexity index is 599. The van der Waals surface area contributed by atoms with Crippen molar-refractivity contribution in [3.05, 3.63) is 29.6 Å². The normalized spacial score (nSPS) is 29.4. The monoisotopic (exact) mass is 340 g/mol. The van der Waals surface area contributed by atoms with Gasteiger partial charge in [0.1, 0.15) is 11.9 Å². The van der Waals surface area contributed by atoms with Crippen LogP contribution in [-0.2, 0) is 11.2 Å². The molecule has 0 radical (unpaired) electrons.